The van der Waals surface area contributed by atoms with Crippen LogP contribution in [0.1, 0.15) is 50.2 Å². The maximum atomic E-state index is 14.0. The highest BCUT2D eigenvalue weighted by molar-refractivity contribution is 6.01. The monoisotopic (exact) mass is 675 g/mol. The van der Waals surface area contributed by atoms with Crippen molar-refractivity contribution in [1.82, 2.24) is 31.6 Å². The third kappa shape index (κ3) is 10.1. The van der Waals surface area contributed by atoms with Gasteiger partial charge in [-0.1, -0.05) is 48.5 Å². The van der Waals surface area contributed by atoms with Crippen LogP contribution in [0.15, 0.2) is 60.8 Å². The molecule has 1 aliphatic rings. The predicted octanol–water partition coefficient (Wildman–Crippen LogP) is -0.0674. The number of primary amides is 1. The minimum atomic E-state index is -1.64. The number of hydrogen-bond donors (Lipinski definition) is 8. The Bertz CT molecular complexity index is 1710. The van der Waals surface area contributed by atoms with Crippen molar-refractivity contribution in [1.29, 1.82) is 0 Å². The van der Waals surface area contributed by atoms with Gasteiger partial charge in [0.15, 0.2) is 0 Å². The summed E-state index contributed by atoms with van der Waals surface area (Å²) in [4.78, 5) is 93.4. The fourth-order valence-corrected chi connectivity index (χ4v) is 5.69. The maximum Gasteiger partial charge on any atom is 0.305 e. The van der Waals surface area contributed by atoms with E-state index in [2.05, 4.69) is 31.6 Å². The first kappa shape index (κ1) is 36.1. The molecule has 1 aliphatic heterocycles. The van der Waals surface area contributed by atoms with Gasteiger partial charge < -0.3 is 42.4 Å². The highest BCUT2D eigenvalue weighted by Gasteiger charge is 2.39. The lowest BCUT2D eigenvalue weighted by atomic mass is 9.90. The molecule has 0 bridgehead atoms. The van der Waals surface area contributed by atoms with Gasteiger partial charge >= 0.3 is 5.97 Å². The van der Waals surface area contributed by atoms with Gasteiger partial charge in [-0.3, -0.25) is 33.6 Å². The van der Waals surface area contributed by atoms with Gasteiger partial charge in [-0.15, -0.1) is 0 Å². The van der Waals surface area contributed by atoms with Gasteiger partial charge in [-0.2, -0.15) is 0 Å². The van der Waals surface area contributed by atoms with Crippen LogP contribution in [-0.4, -0.2) is 81.7 Å². The van der Waals surface area contributed by atoms with Crippen LogP contribution in [0, 0.1) is 0 Å². The Labute approximate surface area is 282 Å². The molecule has 0 unspecified atom stereocenters. The minimum Gasteiger partial charge on any atom is -0.481 e. The zero-order valence-electron chi connectivity index (χ0n) is 27.0. The number of para-hydroxylation sites is 1. The van der Waals surface area contributed by atoms with Crippen molar-refractivity contribution in [2.24, 2.45) is 5.73 Å². The van der Waals surface area contributed by atoms with E-state index in [1.807, 2.05) is 24.3 Å². The molecule has 1 fully saturated rings. The van der Waals surface area contributed by atoms with Crippen molar-refractivity contribution in [2.75, 3.05) is 6.54 Å². The van der Waals surface area contributed by atoms with Crippen LogP contribution in [0.25, 0.3) is 10.9 Å². The van der Waals surface area contributed by atoms with Crippen molar-refractivity contribution in [2.45, 2.75) is 75.5 Å². The van der Waals surface area contributed by atoms with Crippen LogP contribution in [0.5, 0.6) is 0 Å². The van der Waals surface area contributed by atoms with Crippen LogP contribution in [0.3, 0.4) is 0 Å². The summed E-state index contributed by atoms with van der Waals surface area (Å²) in [7, 11) is 0. The molecule has 0 radical (unpaired) electrons. The second-order valence-corrected chi connectivity index (χ2v) is 12.3. The van der Waals surface area contributed by atoms with E-state index in [9.17, 15) is 38.7 Å². The standard InChI is InChI=1S/C34H41N7O8/c1-34(18-21-19-37-23-12-6-5-11-22(21)23)33(49)40-24(13-7-8-14-36-27(42)17-28(43)41-34)31(47)39-26(16-29(44)45)32(48)38-25(30(35)46)15-20-9-3-2-4-10-20/h2-6,9-12,19,24-26,37H,7-8,13-18H2,1H3,(H2,35,46)(H,36,42)(H,38,48)(H,39,47)(H,40,49)(H,41,43)(H,44,45)/t24-,25-,26-,34-/m0/s1. The topological polar surface area (TPSA) is 242 Å². The molecule has 2 heterocycles. The van der Waals surface area contributed by atoms with Crippen LogP contribution < -0.4 is 32.3 Å². The number of rotatable bonds is 11. The number of aromatic amines is 1. The molecule has 260 valence electrons. The van der Waals surface area contributed by atoms with E-state index in [1.54, 1.807) is 36.5 Å². The lowest BCUT2D eigenvalue weighted by molar-refractivity contribution is -0.141. The van der Waals surface area contributed by atoms with E-state index in [0.29, 0.717) is 24.0 Å². The average Bonchev–Trinajstić information content (AvgIpc) is 3.45. The summed E-state index contributed by atoms with van der Waals surface area (Å²) in [6.45, 7) is 1.69. The Morgan fingerprint density at radius 2 is 1.67 bits per heavy atom. The van der Waals surface area contributed by atoms with Crippen molar-refractivity contribution < 1.29 is 38.7 Å². The molecule has 0 aliphatic carbocycles. The van der Waals surface area contributed by atoms with Gasteiger partial charge in [-0.25, -0.2) is 0 Å². The van der Waals surface area contributed by atoms with Crippen LogP contribution >= 0.6 is 0 Å². The molecule has 15 nitrogen and oxygen atoms in total. The molecule has 1 saturated heterocycles. The predicted molar refractivity (Wildman–Crippen MR) is 177 cm³/mol. The number of carboxylic acid groups (broad SMARTS) is 1. The molecule has 0 spiro atoms. The second kappa shape index (κ2) is 16.4. The second-order valence-electron chi connectivity index (χ2n) is 12.3. The van der Waals surface area contributed by atoms with Gasteiger partial charge in [0.2, 0.25) is 35.4 Å². The summed E-state index contributed by atoms with van der Waals surface area (Å²) < 4.78 is 0. The smallest absolute Gasteiger partial charge is 0.305 e. The van der Waals surface area contributed by atoms with Crippen molar-refractivity contribution >= 4 is 52.3 Å². The van der Waals surface area contributed by atoms with E-state index in [4.69, 9.17) is 5.73 Å². The average molecular weight is 676 g/mol. The molecule has 9 N–H and O–H groups in total. The number of benzene rings is 2. The maximum absolute atomic E-state index is 14.0. The summed E-state index contributed by atoms with van der Waals surface area (Å²) in [5, 5.41) is 23.2. The number of H-pyrrole nitrogens is 1. The summed E-state index contributed by atoms with van der Waals surface area (Å²) in [6.07, 6.45) is 1.20. The van der Waals surface area contributed by atoms with Gasteiger partial charge in [0.05, 0.1) is 6.42 Å². The van der Waals surface area contributed by atoms with E-state index in [-0.39, 0.29) is 25.8 Å². The summed E-state index contributed by atoms with van der Waals surface area (Å²) >= 11 is 0. The number of hydrogen-bond acceptors (Lipinski definition) is 7. The number of carboxylic acids is 1. The molecule has 1 aromatic heterocycles. The van der Waals surface area contributed by atoms with Crippen LogP contribution in [-0.2, 0) is 46.4 Å². The highest BCUT2D eigenvalue weighted by atomic mass is 16.4. The number of amides is 6. The van der Waals surface area contributed by atoms with E-state index in [0.717, 1.165) is 10.9 Å². The Morgan fingerprint density at radius 3 is 2.39 bits per heavy atom. The normalized spacial score (nSPS) is 20.2. The molecule has 15 heteroatoms. The first-order valence-corrected chi connectivity index (χ1v) is 15.9. The Kier molecular flexibility index (Phi) is 12.1. The number of nitrogens with two attached hydrogens (primary N) is 1. The molecule has 2 aromatic carbocycles. The van der Waals surface area contributed by atoms with Crippen molar-refractivity contribution in [3.63, 3.8) is 0 Å². The molecule has 49 heavy (non-hydrogen) atoms. The highest BCUT2D eigenvalue weighted by Crippen LogP contribution is 2.23. The first-order chi connectivity index (χ1) is 23.3. The van der Waals surface area contributed by atoms with Crippen molar-refractivity contribution in [3.8, 4) is 0 Å². The number of aliphatic carboxylic acids is 1. The number of aromatic nitrogens is 1. The largest absolute Gasteiger partial charge is 0.481 e. The lowest BCUT2D eigenvalue weighted by Crippen LogP contribution is -2.62. The number of carbonyl (C=O) groups excluding carboxylic acids is 6. The molecule has 6 amide bonds. The third-order valence-electron chi connectivity index (χ3n) is 8.27. The van der Waals surface area contributed by atoms with Crippen LogP contribution in [0.2, 0.25) is 0 Å². The zero-order valence-corrected chi connectivity index (χ0v) is 27.0. The molecular weight excluding hydrogens is 634 g/mol. The number of carbonyl (C=O) groups is 7. The van der Waals surface area contributed by atoms with E-state index in [1.165, 1.54) is 6.92 Å². The Morgan fingerprint density at radius 1 is 0.959 bits per heavy atom. The Hall–Kier alpha value is -5.73. The SMILES string of the molecule is C[C@@]1(Cc2c[nH]c3ccccc23)NC(=O)CC(=O)NCCCC[C@@H](C(=O)N[C@@H](CC(=O)O)C(=O)N[C@@H](Cc2ccccc2)C(N)=O)NC1=O. The zero-order chi connectivity index (χ0) is 35.6. The molecule has 4 atom stereocenters. The summed E-state index contributed by atoms with van der Waals surface area (Å²) in [5.41, 5.74) is 6.07. The van der Waals surface area contributed by atoms with Gasteiger partial charge in [-0.05, 0) is 43.4 Å². The van der Waals surface area contributed by atoms with E-state index < -0.39 is 77.9 Å². The minimum absolute atomic E-state index is 0.00941. The molecule has 0 saturated carbocycles. The Balaban J connectivity index is 1.57. The lowest BCUT2D eigenvalue weighted by Gasteiger charge is -2.32. The van der Waals surface area contributed by atoms with Crippen LogP contribution in [0.4, 0.5) is 0 Å². The quantitative estimate of drug-likeness (QED) is 0.128. The number of fused-ring (bicyclic) bond motifs is 1. The molecular formula is C34H41N7O8. The summed E-state index contributed by atoms with van der Waals surface area (Å²) in [5.74, 6) is -6.02. The van der Waals surface area contributed by atoms with Gasteiger partial charge in [0.1, 0.15) is 30.1 Å². The molecule has 3 aromatic rings. The molecule has 4 rings (SSSR count). The van der Waals surface area contributed by atoms with E-state index >= 15 is 0 Å². The fourth-order valence-electron chi connectivity index (χ4n) is 5.69. The summed E-state index contributed by atoms with van der Waals surface area (Å²) in [6, 6.07) is 12.0. The van der Waals surface area contributed by atoms with Gasteiger partial charge in [0, 0.05) is 36.5 Å². The van der Waals surface area contributed by atoms with Gasteiger partial charge in [0.25, 0.3) is 0 Å². The first-order valence-electron chi connectivity index (χ1n) is 15.9. The fraction of sp³-hybridized carbons (Fsp3) is 0.382. The third-order valence-corrected chi connectivity index (χ3v) is 8.27. The van der Waals surface area contributed by atoms with Crippen molar-refractivity contribution in [3.05, 3.63) is 71.9 Å². The number of nitrogens with one attached hydrogen (secondary N) is 6.